The molecule has 0 aromatic heterocycles. The van der Waals surface area contributed by atoms with Gasteiger partial charge in [-0.15, -0.1) is 0 Å². The summed E-state index contributed by atoms with van der Waals surface area (Å²) in [6, 6.07) is 8.99. The predicted octanol–water partition coefficient (Wildman–Crippen LogP) is 4.03. The molecule has 2 saturated carbocycles. The first-order valence-corrected chi connectivity index (χ1v) is 20.3. The van der Waals surface area contributed by atoms with Crippen LogP contribution in [0, 0.1) is 25.6 Å². The Kier molecular flexibility index (Phi) is 10.4. The molecule has 4 amide bonds. The number of halogens is 1. The van der Waals surface area contributed by atoms with Crippen LogP contribution in [0.5, 0.6) is 0 Å². The number of amides is 4. The lowest BCUT2D eigenvalue weighted by Gasteiger charge is -2.30. The molecule has 284 valence electrons. The first-order chi connectivity index (χ1) is 25.4. The molecule has 0 spiro atoms. The van der Waals surface area contributed by atoms with E-state index < -0.39 is 68.6 Å². The van der Waals surface area contributed by atoms with Crippen LogP contribution in [-0.2, 0) is 48.8 Å². The van der Waals surface area contributed by atoms with Gasteiger partial charge in [0.05, 0.1) is 24.4 Å². The van der Waals surface area contributed by atoms with Gasteiger partial charge in [-0.05, 0) is 80.7 Å². The van der Waals surface area contributed by atoms with Crippen molar-refractivity contribution in [1.82, 2.24) is 25.2 Å². The predicted molar refractivity (Wildman–Crippen MR) is 194 cm³/mol. The molecule has 0 unspecified atom stereocenters. The van der Waals surface area contributed by atoms with Gasteiger partial charge in [0.15, 0.2) is 0 Å². The van der Waals surface area contributed by atoms with Crippen LogP contribution in [0.1, 0.15) is 85.6 Å². The Bertz CT molecular complexity index is 1910. The van der Waals surface area contributed by atoms with Crippen LogP contribution in [0.2, 0.25) is 0 Å². The fraction of sp³-hybridized carbons (Fsp3) is 0.538. The number of allylic oxidation sites excluding steroid dienone is 1. The van der Waals surface area contributed by atoms with Crippen molar-refractivity contribution in [2.24, 2.45) is 5.92 Å². The zero-order chi connectivity index (χ0) is 37.5. The number of nitrogens with one attached hydrogen (secondary N) is 3. The van der Waals surface area contributed by atoms with Gasteiger partial charge in [-0.1, -0.05) is 55.3 Å². The van der Waals surface area contributed by atoms with E-state index in [9.17, 15) is 32.0 Å². The molecule has 7 rings (SSSR count). The topological polar surface area (TPSA) is 154 Å². The highest BCUT2D eigenvalue weighted by Gasteiger charge is 2.62. The number of rotatable bonds is 7. The summed E-state index contributed by atoms with van der Waals surface area (Å²) in [5.74, 6) is -2.55. The van der Waals surface area contributed by atoms with Crippen molar-refractivity contribution in [3.63, 3.8) is 0 Å². The largest absolute Gasteiger partial charge is 0.444 e. The maximum atomic E-state index is 14.6. The Morgan fingerprint density at radius 2 is 1.77 bits per heavy atom. The van der Waals surface area contributed by atoms with Gasteiger partial charge in [0.2, 0.25) is 21.8 Å². The number of fused-ring (bicyclic) bond motifs is 3. The van der Waals surface area contributed by atoms with Gasteiger partial charge in [-0.3, -0.25) is 24.0 Å². The highest BCUT2D eigenvalue weighted by atomic mass is 32.2. The Morgan fingerprint density at radius 1 is 1.02 bits per heavy atom. The second-order valence-corrected chi connectivity index (χ2v) is 17.3. The molecule has 3 fully saturated rings. The highest BCUT2D eigenvalue weighted by Crippen LogP contribution is 2.46. The molecule has 1 saturated heterocycles. The molecule has 3 heterocycles. The maximum Gasteiger partial charge on any atom is 0.410 e. The van der Waals surface area contributed by atoms with Crippen LogP contribution in [0.25, 0.3) is 0 Å². The third kappa shape index (κ3) is 7.84. The standard InChI is InChI=1S/C39H48FN5O7S/c1-24-10-8-11-25(2)30(24)20-41-33-15-7-5-3-4-6-13-27-19-39(27,37(48)43-53(50,51)29-16-17-29)42-35(46)34-18-28(22-45(34)36(33)47)52-38(49)44-21-26-12-9-14-32(40)31(26)23-44/h6,8-14,27-29,33-34,41H,3-5,7,15-23H2,1-2H3,(H,42,46)(H,43,48)/t27-,28-,33+,34+,39-/m1/s1. The van der Waals surface area contributed by atoms with Crippen LogP contribution in [0.4, 0.5) is 9.18 Å². The van der Waals surface area contributed by atoms with E-state index in [-0.39, 0.29) is 38.4 Å². The van der Waals surface area contributed by atoms with Crippen LogP contribution in [-0.4, -0.2) is 77.6 Å². The van der Waals surface area contributed by atoms with Crippen LogP contribution >= 0.6 is 0 Å². The Balaban J connectivity index is 1.14. The van der Waals surface area contributed by atoms with E-state index in [0.29, 0.717) is 36.9 Å². The lowest BCUT2D eigenvalue weighted by atomic mass is 10.0. The minimum atomic E-state index is -3.89. The first kappa shape index (κ1) is 37.0. The third-order valence-corrected chi connectivity index (χ3v) is 13.3. The van der Waals surface area contributed by atoms with E-state index in [0.717, 1.165) is 42.4 Å². The van der Waals surface area contributed by atoms with Crippen LogP contribution < -0.4 is 15.4 Å². The number of benzene rings is 2. The normalized spacial score (nSPS) is 27.5. The molecule has 2 aliphatic carbocycles. The Hall–Kier alpha value is -4.30. The van der Waals surface area contributed by atoms with Crippen LogP contribution in [0.3, 0.4) is 0 Å². The molecule has 5 atom stereocenters. The van der Waals surface area contributed by atoms with E-state index in [1.165, 1.54) is 15.9 Å². The van der Waals surface area contributed by atoms with Gasteiger partial charge in [0.25, 0.3) is 5.91 Å². The molecule has 2 aromatic carbocycles. The molecule has 0 radical (unpaired) electrons. The molecule has 12 nitrogen and oxygen atoms in total. The number of hydrogen-bond donors (Lipinski definition) is 3. The fourth-order valence-electron chi connectivity index (χ4n) is 7.98. The monoisotopic (exact) mass is 749 g/mol. The van der Waals surface area contributed by atoms with Crippen molar-refractivity contribution in [1.29, 1.82) is 0 Å². The SMILES string of the molecule is Cc1cccc(C)c1CN[C@H]1CCCCCC=C[C@@H]2C[C@@]2(C(=O)NS(=O)(=O)C2CC2)NC(=O)[C@@H]2C[C@@H](OC(=O)N3Cc4cccc(F)c4C3)CN2C1=O. The van der Waals surface area contributed by atoms with Crippen molar-refractivity contribution >= 4 is 33.8 Å². The lowest BCUT2D eigenvalue weighted by molar-refractivity contribution is -0.141. The summed E-state index contributed by atoms with van der Waals surface area (Å²) in [5.41, 5.74) is 2.89. The van der Waals surface area contributed by atoms with E-state index in [4.69, 9.17) is 4.74 Å². The third-order valence-electron chi connectivity index (χ3n) is 11.5. The molecule has 3 N–H and O–H groups in total. The van der Waals surface area contributed by atoms with Gasteiger partial charge in [-0.2, -0.15) is 0 Å². The van der Waals surface area contributed by atoms with Crippen molar-refractivity contribution in [3.05, 3.63) is 82.2 Å². The number of sulfonamides is 1. The lowest BCUT2D eigenvalue weighted by Crippen LogP contribution is -2.58. The Labute approximate surface area is 309 Å². The number of ether oxygens (including phenoxy) is 1. The quantitative estimate of drug-likeness (QED) is 0.359. The van der Waals surface area contributed by atoms with Gasteiger partial charge in [0, 0.05) is 31.0 Å². The first-order valence-electron chi connectivity index (χ1n) is 18.7. The van der Waals surface area contributed by atoms with E-state index in [2.05, 4.69) is 15.4 Å². The zero-order valence-electron chi connectivity index (χ0n) is 30.2. The highest BCUT2D eigenvalue weighted by molar-refractivity contribution is 7.91. The smallest absolute Gasteiger partial charge is 0.410 e. The second-order valence-electron chi connectivity index (χ2n) is 15.3. The van der Waals surface area contributed by atoms with Crippen molar-refractivity contribution in [2.45, 2.75) is 120 Å². The summed E-state index contributed by atoms with van der Waals surface area (Å²) in [4.78, 5) is 58.8. The average Bonchev–Trinajstić information content (AvgIpc) is 4.00. The van der Waals surface area contributed by atoms with Gasteiger partial charge >= 0.3 is 6.09 Å². The van der Waals surface area contributed by atoms with Crippen LogP contribution in [0.15, 0.2) is 48.6 Å². The Morgan fingerprint density at radius 3 is 2.51 bits per heavy atom. The van der Waals surface area contributed by atoms with E-state index in [1.54, 1.807) is 12.1 Å². The molecular weight excluding hydrogens is 702 g/mol. The maximum absolute atomic E-state index is 14.6. The van der Waals surface area contributed by atoms with Crippen molar-refractivity contribution in [2.75, 3.05) is 6.54 Å². The van der Waals surface area contributed by atoms with E-state index in [1.807, 2.05) is 44.2 Å². The fourth-order valence-corrected chi connectivity index (χ4v) is 9.35. The minimum Gasteiger partial charge on any atom is -0.444 e. The number of carbonyl (C=O) groups excluding carboxylic acids is 4. The van der Waals surface area contributed by atoms with E-state index >= 15 is 0 Å². The average molecular weight is 750 g/mol. The van der Waals surface area contributed by atoms with Gasteiger partial charge < -0.3 is 20.3 Å². The summed E-state index contributed by atoms with van der Waals surface area (Å²) in [7, 11) is -3.89. The molecule has 3 aliphatic heterocycles. The molecule has 14 heteroatoms. The minimum absolute atomic E-state index is 0.0271. The number of carbonyl (C=O) groups is 4. The number of hydrogen-bond acceptors (Lipinski definition) is 8. The van der Waals surface area contributed by atoms with Crippen molar-refractivity contribution in [3.8, 4) is 0 Å². The summed E-state index contributed by atoms with van der Waals surface area (Å²) in [5, 5.41) is 5.72. The summed E-state index contributed by atoms with van der Waals surface area (Å²) in [6.07, 6.45) is 7.18. The summed E-state index contributed by atoms with van der Waals surface area (Å²) < 4.78 is 48.2. The number of aryl methyl sites for hydroxylation is 2. The zero-order valence-corrected chi connectivity index (χ0v) is 31.1. The molecule has 5 aliphatic rings. The van der Waals surface area contributed by atoms with Gasteiger partial charge in [0.1, 0.15) is 23.5 Å². The summed E-state index contributed by atoms with van der Waals surface area (Å²) >= 11 is 0. The van der Waals surface area contributed by atoms with Gasteiger partial charge in [-0.25, -0.2) is 17.6 Å². The molecular formula is C39H48FN5O7S. The second kappa shape index (κ2) is 14.8. The molecule has 2 aromatic rings. The van der Waals surface area contributed by atoms with Crippen molar-refractivity contribution < 1.29 is 36.7 Å². The summed E-state index contributed by atoms with van der Waals surface area (Å²) in [6.45, 7) is 4.64. The molecule has 0 bridgehead atoms. The molecule has 53 heavy (non-hydrogen) atoms. The number of nitrogens with zero attached hydrogens (tertiary/aromatic N) is 2.